The van der Waals surface area contributed by atoms with Crippen LogP contribution in [0.25, 0.3) is 0 Å². The summed E-state index contributed by atoms with van der Waals surface area (Å²) in [4.78, 5) is 0.260. The molecule has 100 valence electrons. The van der Waals surface area contributed by atoms with Crippen molar-refractivity contribution in [2.75, 3.05) is 0 Å². The van der Waals surface area contributed by atoms with Crippen LogP contribution in [0.3, 0.4) is 0 Å². The van der Waals surface area contributed by atoms with E-state index < -0.39 is 10.0 Å². The van der Waals surface area contributed by atoms with Crippen molar-refractivity contribution in [2.45, 2.75) is 55.7 Å². The zero-order valence-electron chi connectivity index (χ0n) is 10.2. The van der Waals surface area contributed by atoms with Crippen LogP contribution in [0.4, 0.5) is 0 Å². The number of aliphatic hydroxyl groups is 1. The van der Waals surface area contributed by atoms with E-state index in [0.717, 1.165) is 12.8 Å². The molecule has 0 aliphatic carbocycles. The number of H-pyrrole nitrogens is 1. The number of aromatic amines is 1. The molecule has 2 atom stereocenters. The van der Waals surface area contributed by atoms with Gasteiger partial charge in [-0.1, -0.05) is 0 Å². The first-order valence-electron chi connectivity index (χ1n) is 6.21. The van der Waals surface area contributed by atoms with Crippen molar-refractivity contribution in [2.24, 2.45) is 0 Å². The fourth-order valence-corrected chi connectivity index (χ4v) is 5.22. The van der Waals surface area contributed by atoms with Crippen LogP contribution in [0.2, 0.25) is 0 Å². The van der Waals surface area contributed by atoms with E-state index in [-0.39, 0.29) is 23.1 Å². The first-order valence-corrected chi connectivity index (χ1v) is 7.65. The van der Waals surface area contributed by atoms with Crippen molar-refractivity contribution >= 4 is 10.0 Å². The molecular weight excluding hydrogens is 254 g/mol. The summed E-state index contributed by atoms with van der Waals surface area (Å²) in [7, 11) is -3.48. The number of fused-ring (bicyclic) bond motifs is 2. The Morgan fingerprint density at radius 1 is 1.39 bits per heavy atom. The Morgan fingerprint density at radius 3 is 2.50 bits per heavy atom. The maximum absolute atomic E-state index is 12.6. The molecule has 2 aliphatic heterocycles. The van der Waals surface area contributed by atoms with E-state index in [1.165, 1.54) is 6.20 Å². The van der Waals surface area contributed by atoms with Gasteiger partial charge in [0.2, 0.25) is 10.0 Å². The summed E-state index contributed by atoms with van der Waals surface area (Å²) >= 11 is 0. The summed E-state index contributed by atoms with van der Waals surface area (Å²) in [6.45, 7) is 1.71. The zero-order chi connectivity index (χ0) is 12.9. The number of aryl methyl sites for hydroxylation is 1. The third-order valence-electron chi connectivity index (χ3n) is 3.98. The molecule has 2 saturated heterocycles. The van der Waals surface area contributed by atoms with E-state index >= 15 is 0 Å². The minimum absolute atomic E-state index is 0.0574. The maximum Gasteiger partial charge on any atom is 0.246 e. The second-order valence-electron chi connectivity index (χ2n) is 5.20. The van der Waals surface area contributed by atoms with Gasteiger partial charge in [0.1, 0.15) is 4.90 Å². The van der Waals surface area contributed by atoms with Gasteiger partial charge in [0.25, 0.3) is 0 Å². The Morgan fingerprint density at radius 2 is 2.00 bits per heavy atom. The molecule has 7 heteroatoms. The van der Waals surface area contributed by atoms with Gasteiger partial charge in [0, 0.05) is 12.1 Å². The fraction of sp³-hybridized carbons (Fsp3) is 0.727. The largest absolute Gasteiger partial charge is 0.393 e. The number of hydrogen-bond donors (Lipinski definition) is 2. The quantitative estimate of drug-likeness (QED) is 0.815. The number of nitrogens with one attached hydrogen (secondary N) is 1. The highest BCUT2D eigenvalue weighted by atomic mass is 32.2. The normalized spacial score (nSPS) is 32.9. The summed E-state index contributed by atoms with van der Waals surface area (Å²) in [5.41, 5.74) is 0.570. The summed E-state index contributed by atoms with van der Waals surface area (Å²) < 4.78 is 26.8. The summed E-state index contributed by atoms with van der Waals surface area (Å²) in [5.74, 6) is 0. The van der Waals surface area contributed by atoms with Gasteiger partial charge < -0.3 is 5.11 Å². The highest BCUT2D eigenvalue weighted by Crippen LogP contribution is 2.39. The number of nitrogens with zero attached hydrogens (tertiary/aromatic N) is 2. The van der Waals surface area contributed by atoms with E-state index in [0.29, 0.717) is 18.5 Å². The van der Waals surface area contributed by atoms with E-state index in [4.69, 9.17) is 0 Å². The molecule has 2 bridgehead atoms. The molecule has 1 aromatic heterocycles. The van der Waals surface area contributed by atoms with Crippen LogP contribution in [0.15, 0.2) is 11.1 Å². The van der Waals surface area contributed by atoms with E-state index in [1.54, 1.807) is 11.2 Å². The fourth-order valence-electron chi connectivity index (χ4n) is 3.21. The number of aliphatic hydroxyl groups excluding tert-OH is 1. The molecule has 0 aromatic carbocycles. The molecule has 0 saturated carbocycles. The molecular formula is C11H17N3O3S. The Bertz CT molecular complexity index is 540. The van der Waals surface area contributed by atoms with Crippen LogP contribution in [-0.2, 0) is 10.0 Å². The lowest BCUT2D eigenvalue weighted by Gasteiger charge is -2.35. The highest BCUT2D eigenvalue weighted by Gasteiger charge is 2.47. The number of rotatable bonds is 2. The Balaban J connectivity index is 1.99. The second kappa shape index (κ2) is 4.04. The van der Waals surface area contributed by atoms with Crippen molar-refractivity contribution in [3.05, 3.63) is 11.9 Å². The lowest BCUT2D eigenvalue weighted by molar-refractivity contribution is 0.0768. The van der Waals surface area contributed by atoms with Crippen molar-refractivity contribution < 1.29 is 13.5 Å². The smallest absolute Gasteiger partial charge is 0.246 e. The number of piperidine rings is 1. The van der Waals surface area contributed by atoms with Gasteiger partial charge in [-0.15, -0.1) is 0 Å². The summed E-state index contributed by atoms with van der Waals surface area (Å²) in [6.07, 6.45) is 3.80. The van der Waals surface area contributed by atoms with Gasteiger partial charge in [-0.05, 0) is 32.6 Å². The SMILES string of the molecule is Cc1[nH]ncc1S(=O)(=O)N1C2CCC1CC(O)C2. The van der Waals surface area contributed by atoms with Crippen molar-refractivity contribution in [3.8, 4) is 0 Å². The first kappa shape index (κ1) is 12.1. The molecule has 0 amide bonds. The Kier molecular flexibility index (Phi) is 2.72. The van der Waals surface area contributed by atoms with Crippen molar-refractivity contribution in [1.82, 2.24) is 14.5 Å². The van der Waals surface area contributed by atoms with Crippen LogP contribution in [0, 0.1) is 6.92 Å². The molecule has 0 spiro atoms. The van der Waals surface area contributed by atoms with Crippen molar-refractivity contribution in [1.29, 1.82) is 0 Å². The molecule has 2 unspecified atom stereocenters. The lowest BCUT2D eigenvalue weighted by Crippen LogP contribution is -2.47. The van der Waals surface area contributed by atoms with Crippen LogP contribution in [0.1, 0.15) is 31.4 Å². The number of sulfonamides is 1. The molecule has 0 radical (unpaired) electrons. The third kappa shape index (κ3) is 1.69. The Labute approximate surface area is 106 Å². The zero-order valence-corrected chi connectivity index (χ0v) is 11.0. The average Bonchev–Trinajstić information content (AvgIpc) is 2.82. The minimum atomic E-state index is -3.48. The topological polar surface area (TPSA) is 86.3 Å². The monoisotopic (exact) mass is 271 g/mol. The minimum Gasteiger partial charge on any atom is -0.393 e. The van der Waals surface area contributed by atoms with Gasteiger partial charge in [-0.25, -0.2) is 8.42 Å². The average molecular weight is 271 g/mol. The van der Waals surface area contributed by atoms with E-state index in [1.807, 2.05) is 0 Å². The molecule has 6 nitrogen and oxygen atoms in total. The molecule has 2 aliphatic rings. The van der Waals surface area contributed by atoms with Gasteiger partial charge >= 0.3 is 0 Å². The third-order valence-corrected chi connectivity index (χ3v) is 6.10. The molecule has 1 aromatic rings. The summed E-state index contributed by atoms with van der Waals surface area (Å²) in [6, 6.07) is -0.115. The number of aromatic nitrogens is 2. The molecule has 2 N–H and O–H groups in total. The van der Waals surface area contributed by atoms with Crippen LogP contribution >= 0.6 is 0 Å². The van der Waals surface area contributed by atoms with E-state index in [2.05, 4.69) is 10.2 Å². The Hall–Kier alpha value is -0.920. The lowest BCUT2D eigenvalue weighted by atomic mass is 10.0. The molecule has 3 heterocycles. The van der Waals surface area contributed by atoms with Gasteiger partial charge in [0.05, 0.1) is 18.0 Å². The number of hydrogen-bond acceptors (Lipinski definition) is 4. The summed E-state index contributed by atoms with van der Waals surface area (Å²) in [5, 5.41) is 16.2. The predicted molar refractivity (Wildman–Crippen MR) is 64.4 cm³/mol. The molecule has 3 rings (SSSR count). The molecule has 18 heavy (non-hydrogen) atoms. The van der Waals surface area contributed by atoms with E-state index in [9.17, 15) is 13.5 Å². The van der Waals surface area contributed by atoms with Crippen LogP contribution < -0.4 is 0 Å². The van der Waals surface area contributed by atoms with Crippen molar-refractivity contribution in [3.63, 3.8) is 0 Å². The predicted octanol–water partition coefficient (Wildman–Crippen LogP) is 0.395. The standard InChI is InChI=1S/C11H17N3O3S/c1-7-11(6-12-13-7)18(16,17)14-8-2-3-9(14)5-10(15)4-8/h6,8-10,15H,2-5H2,1H3,(H,12,13). The molecule has 2 fully saturated rings. The van der Waals surface area contributed by atoms with Crippen LogP contribution in [0.5, 0.6) is 0 Å². The van der Waals surface area contributed by atoms with Gasteiger partial charge in [-0.2, -0.15) is 9.40 Å². The van der Waals surface area contributed by atoms with Crippen LogP contribution in [-0.4, -0.2) is 46.2 Å². The van der Waals surface area contributed by atoms with Gasteiger partial charge in [0.15, 0.2) is 0 Å². The second-order valence-corrected chi connectivity index (χ2v) is 7.02. The first-order chi connectivity index (χ1) is 8.50. The van der Waals surface area contributed by atoms with Gasteiger partial charge in [-0.3, -0.25) is 5.10 Å². The maximum atomic E-state index is 12.6. The highest BCUT2D eigenvalue weighted by molar-refractivity contribution is 7.89.